The van der Waals surface area contributed by atoms with E-state index in [1.54, 1.807) is 35.8 Å². The largest absolute Gasteiger partial charge is 0.458 e. The molecule has 2 aromatic heterocycles. The van der Waals surface area contributed by atoms with Gasteiger partial charge < -0.3 is 33.9 Å². The highest BCUT2D eigenvalue weighted by molar-refractivity contribution is 5.90. The van der Waals surface area contributed by atoms with Gasteiger partial charge in [0.05, 0.1) is 62.0 Å². The molecule has 4 heterocycles. The van der Waals surface area contributed by atoms with Gasteiger partial charge in [0.2, 0.25) is 6.08 Å². The number of aliphatic hydroxyl groups is 1. The van der Waals surface area contributed by atoms with Crippen molar-refractivity contribution in [1.82, 2.24) is 14.9 Å². The molecule has 0 spiro atoms. The van der Waals surface area contributed by atoms with E-state index < -0.39 is 17.7 Å². The van der Waals surface area contributed by atoms with Crippen LogP contribution in [0, 0.1) is 0 Å². The third-order valence-corrected chi connectivity index (χ3v) is 7.64. The number of aliphatic imine (C=N–C) groups is 1. The van der Waals surface area contributed by atoms with Crippen molar-refractivity contribution in [2.75, 3.05) is 39.5 Å². The quantitative estimate of drug-likeness (QED) is 0.108. The Balaban J connectivity index is 1.30. The molecule has 0 bridgehead atoms. The van der Waals surface area contributed by atoms with E-state index in [2.05, 4.69) is 10.3 Å². The fourth-order valence-corrected chi connectivity index (χ4v) is 5.45. The predicted molar refractivity (Wildman–Crippen MR) is 153 cm³/mol. The van der Waals surface area contributed by atoms with Crippen LogP contribution in [0.4, 0.5) is 4.79 Å². The molecule has 1 amide bonds. The number of cyclic esters (lactones) is 1. The smallest absolute Gasteiger partial charge is 0.412 e. The number of rotatable bonds is 12. The van der Waals surface area contributed by atoms with Crippen molar-refractivity contribution in [3.8, 4) is 17.1 Å². The van der Waals surface area contributed by atoms with E-state index in [1.807, 2.05) is 6.92 Å². The van der Waals surface area contributed by atoms with Crippen LogP contribution in [0.1, 0.15) is 42.5 Å². The molecule has 2 aliphatic heterocycles. The molecule has 226 valence electrons. The molecule has 1 atom stereocenters. The van der Waals surface area contributed by atoms with Crippen LogP contribution in [0.15, 0.2) is 34.1 Å². The summed E-state index contributed by atoms with van der Waals surface area (Å²) in [5, 5.41) is 14.5. The van der Waals surface area contributed by atoms with Crippen molar-refractivity contribution in [3.05, 3.63) is 56.9 Å². The molecular weight excluding hydrogens is 560 g/mol. The zero-order chi connectivity index (χ0) is 30.6. The Bertz CT molecular complexity index is 1680. The fourth-order valence-electron chi connectivity index (χ4n) is 5.45. The minimum absolute atomic E-state index is 0.0683. The number of nitrogens with zero attached hydrogens (tertiary/aromatic N) is 3. The minimum Gasteiger partial charge on any atom is -0.458 e. The molecule has 0 fully saturated rings. The Hall–Kier alpha value is -4.42. The summed E-state index contributed by atoms with van der Waals surface area (Å²) in [6, 6.07) is 6.83. The van der Waals surface area contributed by atoms with Crippen LogP contribution in [0.25, 0.3) is 22.3 Å². The molecule has 2 N–H and O–H groups in total. The summed E-state index contributed by atoms with van der Waals surface area (Å²) in [7, 11) is 0. The third kappa shape index (κ3) is 5.80. The number of aryl methyl sites for hydroxylation is 1. The van der Waals surface area contributed by atoms with E-state index in [1.165, 1.54) is 6.08 Å². The Kier molecular flexibility index (Phi) is 8.97. The third-order valence-electron chi connectivity index (χ3n) is 7.64. The lowest BCUT2D eigenvalue weighted by atomic mass is 9.86. The van der Waals surface area contributed by atoms with Gasteiger partial charge in [-0.05, 0) is 42.7 Å². The molecule has 0 aliphatic carbocycles. The second-order valence-corrected chi connectivity index (χ2v) is 10.1. The zero-order valence-corrected chi connectivity index (χ0v) is 23.9. The van der Waals surface area contributed by atoms with E-state index in [0.29, 0.717) is 48.9 Å². The zero-order valence-electron chi connectivity index (χ0n) is 23.9. The maximum atomic E-state index is 13.5. The van der Waals surface area contributed by atoms with Crippen LogP contribution in [0.5, 0.6) is 5.75 Å². The number of hydrogen-bond acceptors (Lipinski definition) is 11. The molecule has 1 aromatic carbocycles. The average molecular weight is 593 g/mol. The van der Waals surface area contributed by atoms with Gasteiger partial charge in [0.1, 0.15) is 12.4 Å². The van der Waals surface area contributed by atoms with Crippen molar-refractivity contribution < 1.29 is 38.4 Å². The first-order valence-corrected chi connectivity index (χ1v) is 14.1. The normalized spacial score (nSPS) is 16.6. The van der Waals surface area contributed by atoms with Crippen LogP contribution < -0.4 is 15.6 Å². The first kappa shape index (κ1) is 30.1. The summed E-state index contributed by atoms with van der Waals surface area (Å²) in [6.07, 6.45) is 1.50. The van der Waals surface area contributed by atoms with Gasteiger partial charge >= 0.3 is 12.1 Å². The van der Waals surface area contributed by atoms with Crippen molar-refractivity contribution >= 4 is 29.0 Å². The van der Waals surface area contributed by atoms with Crippen LogP contribution in [-0.4, -0.2) is 72.3 Å². The maximum absolute atomic E-state index is 13.5. The molecule has 13 nitrogen and oxygen atoms in total. The summed E-state index contributed by atoms with van der Waals surface area (Å²) in [5.74, 6) is -0.431. The van der Waals surface area contributed by atoms with Crippen LogP contribution >= 0.6 is 0 Å². The highest BCUT2D eigenvalue weighted by atomic mass is 16.6. The molecule has 0 saturated carbocycles. The monoisotopic (exact) mass is 592 g/mol. The van der Waals surface area contributed by atoms with Gasteiger partial charge in [-0.3, -0.25) is 4.79 Å². The van der Waals surface area contributed by atoms with Crippen molar-refractivity contribution in [2.45, 2.75) is 45.4 Å². The number of aromatic nitrogens is 2. The lowest BCUT2D eigenvalue weighted by Gasteiger charge is -2.31. The summed E-state index contributed by atoms with van der Waals surface area (Å²) in [5.41, 5.74) is 1.95. The Morgan fingerprint density at radius 3 is 2.70 bits per heavy atom. The number of pyridine rings is 2. The number of esters is 1. The van der Waals surface area contributed by atoms with Crippen LogP contribution in [0.2, 0.25) is 0 Å². The second kappa shape index (κ2) is 12.8. The van der Waals surface area contributed by atoms with Crippen LogP contribution in [-0.2, 0) is 49.0 Å². The van der Waals surface area contributed by atoms with Gasteiger partial charge in [-0.15, -0.1) is 0 Å². The molecule has 13 heteroatoms. The highest BCUT2D eigenvalue weighted by Crippen LogP contribution is 2.40. The predicted octanol–water partition coefficient (Wildman–Crippen LogP) is 2.10. The van der Waals surface area contributed by atoms with Gasteiger partial charge in [0.25, 0.3) is 5.56 Å². The van der Waals surface area contributed by atoms with Gasteiger partial charge in [-0.1, -0.05) is 13.8 Å². The number of ether oxygens (including phenoxy) is 4. The molecule has 43 heavy (non-hydrogen) atoms. The molecule has 2 aliphatic rings. The lowest BCUT2D eigenvalue weighted by Crippen LogP contribution is -2.44. The number of carbonyl (C=O) groups excluding carboxylic acids is 3. The Morgan fingerprint density at radius 2 is 1.95 bits per heavy atom. The number of amides is 1. The first-order chi connectivity index (χ1) is 20.8. The summed E-state index contributed by atoms with van der Waals surface area (Å²) >= 11 is 0. The number of benzene rings is 1. The fraction of sp³-hybridized carbons (Fsp3) is 0.433. The number of nitrogens with one attached hydrogen (secondary N) is 1. The summed E-state index contributed by atoms with van der Waals surface area (Å²) in [4.78, 5) is 56.5. The Morgan fingerprint density at radius 1 is 1.16 bits per heavy atom. The number of isocyanates is 1. The molecule has 3 aromatic rings. The van der Waals surface area contributed by atoms with Gasteiger partial charge in [0.15, 0.2) is 5.60 Å². The summed E-state index contributed by atoms with van der Waals surface area (Å²) < 4.78 is 22.9. The Labute approximate surface area is 246 Å². The second-order valence-electron chi connectivity index (χ2n) is 10.1. The van der Waals surface area contributed by atoms with Crippen molar-refractivity contribution in [3.63, 3.8) is 0 Å². The number of hydrogen-bond donors (Lipinski definition) is 2. The maximum Gasteiger partial charge on any atom is 0.412 e. The molecular formula is C30H32N4O9. The van der Waals surface area contributed by atoms with E-state index in [4.69, 9.17) is 23.9 Å². The van der Waals surface area contributed by atoms with Gasteiger partial charge in [0, 0.05) is 23.1 Å². The molecule has 0 radical (unpaired) electrons. The van der Waals surface area contributed by atoms with Gasteiger partial charge in [-0.2, -0.15) is 0 Å². The summed E-state index contributed by atoms with van der Waals surface area (Å²) in [6.45, 7) is 5.48. The lowest BCUT2D eigenvalue weighted by molar-refractivity contribution is -0.172. The van der Waals surface area contributed by atoms with Crippen molar-refractivity contribution in [2.24, 2.45) is 4.99 Å². The number of fused-ring (bicyclic) bond motifs is 5. The first-order valence-electron chi connectivity index (χ1n) is 14.1. The van der Waals surface area contributed by atoms with E-state index in [9.17, 15) is 24.3 Å². The number of carbonyl (C=O) groups is 2. The topological polar surface area (TPSA) is 168 Å². The van der Waals surface area contributed by atoms with E-state index in [-0.39, 0.29) is 56.0 Å². The minimum atomic E-state index is -1.89. The van der Waals surface area contributed by atoms with Crippen LogP contribution in [0.3, 0.4) is 0 Å². The standard InChI is InChI=1S/C30H32N4O9/c1-3-19-20-13-18(43-29(38)32-8-10-41-12-11-40-9-7-31-17-35)5-6-24(20)33-26-21(19)15-34-25(26)14-23-22(27(34)36)16-42-28(37)30(23,39)4-2/h5-6,13-14,39H,3-4,7-12,15-16H2,1-2H3,(H,32,38)/t30-/m1/s1. The highest BCUT2D eigenvalue weighted by Gasteiger charge is 2.45. The van der Waals surface area contributed by atoms with Gasteiger partial charge in [-0.25, -0.2) is 24.4 Å². The van der Waals surface area contributed by atoms with E-state index >= 15 is 0 Å². The molecule has 5 rings (SSSR count). The van der Waals surface area contributed by atoms with E-state index in [0.717, 1.165) is 16.5 Å². The van der Waals surface area contributed by atoms with Crippen molar-refractivity contribution in [1.29, 1.82) is 0 Å². The average Bonchev–Trinajstić information content (AvgIpc) is 3.37. The molecule has 0 saturated heterocycles. The SMILES string of the molecule is CCc1c2c(nc3ccc(OC(=O)NCCOCCOCCN=C=O)cc13)-c1cc3c(c(=O)n1C2)COC(=O)[C@@]3(O)CC. The molecule has 0 unspecified atom stereocenters.